The molecule has 96 valence electrons. The summed E-state index contributed by atoms with van der Waals surface area (Å²) in [5.41, 5.74) is 1.34. The van der Waals surface area contributed by atoms with E-state index in [0.717, 1.165) is 12.8 Å². The summed E-state index contributed by atoms with van der Waals surface area (Å²) >= 11 is 0. The summed E-state index contributed by atoms with van der Waals surface area (Å²) in [5, 5.41) is 12.8. The molecule has 0 fully saturated rings. The fraction of sp³-hybridized carbons (Fsp3) is 0.600. The Morgan fingerprint density at radius 3 is 2.29 bits per heavy atom. The first-order valence-corrected chi connectivity index (χ1v) is 6.52. The third-order valence-corrected chi connectivity index (χ3v) is 2.88. The van der Waals surface area contributed by atoms with Crippen molar-refractivity contribution < 1.29 is 5.11 Å². The largest absolute Gasteiger partial charge is 0.395 e. The van der Waals surface area contributed by atoms with Crippen molar-refractivity contribution in [3.05, 3.63) is 35.9 Å². The molecule has 1 rings (SSSR count). The minimum atomic E-state index is 0.216. The quantitative estimate of drug-likeness (QED) is 0.761. The molecule has 17 heavy (non-hydrogen) atoms. The zero-order valence-corrected chi connectivity index (χ0v) is 11.2. The number of hydrogen-bond acceptors (Lipinski definition) is 2. The Bertz CT molecular complexity index is 297. The predicted molar refractivity (Wildman–Crippen MR) is 73.1 cm³/mol. The lowest BCUT2D eigenvalue weighted by atomic mass is 10.0. The molecule has 0 aliphatic carbocycles. The van der Waals surface area contributed by atoms with Gasteiger partial charge < -0.3 is 10.4 Å². The summed E-state index contributed by atoms with van der Waals surface area (Å²) in [6, 6.07) is 11.1. The minimum Gasteiger partial charge on any atom is -0.395 e. The van der Waals surface area contributed by atoms with Crippen molar-refractivity contribution in [1.82, 2.24) is 5.32 Å². The maximum Gasteiger partial charge on any atom is 0.0584 e. The number of aliphatic hydroxyl groups excluding tert-OH is 1. The van der Waals surface area contributed by atoms with E-state index in [1.165, 1.54) is 5.56 Å². The molecule has 1 aromatic rings. The molecule has 2 heteroatoms. The highest BCUT2D eigenvalue weighted by Crippen LogP contribution is 2.07. The molecule has 0 heterocycles. The van der Waals surface area contributed by atoms with Crippen molar-refractivity contribution in [2.45, 2.75) is 45.7 Å². The van der Waals surface area contributed by atoms with Crippen LogP contribution in [0.4, 0.5) is 0 Å². The van der Waals surface area contributed by atoms with Gasteiger partial charge in [0, 0.05) is 12.1 Å². The highest BCUT2D eigenvalue weighted by Gasteiger charge is 2.12. The zero-order chi connectivity index (χ0) is 12.7. The predicted octanol–water partition coefficient (Wildman–Crippen LogP) is 2.61. The van der Waals surface area contributed by atoms with E-state index >= 15 is 0 Å². The van der Waals surface area contributed by atoms with E-state index in [4.69, 9.17) is 0 Å². The summed E-state index contributed by atoms with van der Waals surface area (Å²) in [6.45, 7) is 6.77. The molecule has 0 aliphatic rings. The highest BCUT2D eigenvalue weighted by molar-refractivity contribution is 5.15. The Morgan fingerprint density at radius 1 is 1.12 bits per heavy atom. The Hall–Kier alpha value is -0.860. The fourth-order valence-electron chi connectivity index (χ4n) is 2.19. The standard InChI is InChI=1S/C15H25NO/c1-12(2)9-15(11-17)16-13(3)10-14-7-5-4-6-8-14/h4-8,12-13,15-17H,9-11H2,1-3H3. The van der Waals surface area contributed by atoms with Gasteiger partial charge in [0.15, 0.2) is 0 Å². The second-order valence-corrected chi connectivity index (χ2v) is 5.27. The second kappa shape index (κ2) is 7.46. The van der Waals surface area contributed by atoms with Crippen LogP contribution in [0.25, 0.3) is 0 Å². The van der Waals surface area contributed by atoms with E-state index in [0.29, 0.717) is 12.0 Å². The van der Waals surface area contributed by atoms with Gasteiger partial charge in [-0.3, -0.25) is 0 Å². The molecule has 0 amide bonds. The lowest BCUT2D eigenvalue weighted by molar-refractivity contribution is 0.214. The molecule has 0 radical (unpaired) electrons. The summed E-state index contributed by atoms with van der Waals surface area (Å²) in [6.07, 6.45) is 2.03. The summed E-state index contributed by atoms with van der Waals surface area (Å²) in [5.74, 6) is 0.614. The number of nitrogens with one attached hydrogen (secondary N) is 1. The monoisotopic (exact) mass is 235 g/mol. The highest BCUT2D eigenvalue weighted by atomic mass is 16.3. The van der Waals surface area contributed by atoms with Gasteiger partial charge in [-0.2, -0.15) is 0 Å². The van der Waals surface area contributed by atoms with Crippen LogP contribution in [0.2, 0.25) is 0 Å². The molecule has 0 bridgehead atoms. The zero-order valence-electron chi connectivity index (χ0n) is 11.2. The normalized spacial score (nSPS) is 14.9. The smallest absolute Gasteiger partial charge is 0.0584 e. The van der Waals surface area contributed by atoms with Gasteiger partial charge in [0.2, 0.25) is 0 Å². The molecule has 0 spiro atoms. The minimum absolute atomic E-state index is 0.216. The fourth-order valence-corrected chi connectivity index (χ4v) is 2.19. The van der Waals surface area contributed by atoms with Crippen LogP contribution in [0.1, 0.15) is 32.8 Å². The van der Waals surface area contributed by atoms with E-state index in [1.807, 2.05) is 6.07 Å². The van der Waals surface area contributed by atoms with Gasteiger partial charge in [-0.1, -0.05) is 44.2 Å². The van der Waals surface area contributed by atoms with Gasteiger partial charge in [0.05, 0.1) is 6.61 Å². The summed E-state index contributed by atoms with van der Waals surface area (Å²) in [4.78, 5) is 0. The van der Waals surface area contributed by atoms with Gasteiger partial charge in [0.1, 0.15) is 0 Å². The maximum absolute atomic E-state index is 9.33. The number of benzene rings is 1. The van der Waals surface area contributed by atoms with E-state index in [9.17, 15) is 5.11 Å². The van der Waals surface area contributed by atoms with Crippen molar-refractivity contribution in [1.29, 1.82) is 0 Å². The van der Waals surface area contributed by atoms with Crippen molar-refractivity contribution in [2.24, 2.45) is 5.92 Å². The number of aliphatic hydroxyl groups is 1. The Morgan fingerprint density at radius 2 is 1.76 bits per heavy atom. The van der Waals surface area contributed by atoms with Crippen LogP contribution in [0.5, 0.6) is 0 Å². The van der Waals surface area contributed by atoms with Gasteiger partial charge in [-0.05, 0) is 31.2 Å². The number of rotatable bonds is 7. The Kier molecular flexibility index (Phi) is 6.23. The SMILES string of the molecule is CC(C)CC(CO)NC(C)Cc1ccccc1. The van der Waals surface area contributed by atoms with E-state index in [2.05, 4.69) is 50.4 Å². The number of hydrogen-bond donors (Lipinski definition) is 2. The molecule has 2 unspecified atom stereocenters. The second-order valence-electron chi connectivity index (χ2n) is 5.27. The lowest BCUT2D eigenvalue weighted by Crippen LogP contribution is -2.40. The van der Waals surface area contributed by atoms with Crippen LogP contribution in [-0.2, 0) is 6.42 Å². The van der Waals surface area contributed by atoms with Crippen LogP contribution in [-0.4, -0.2) is 23.8 Å². The first-order chi connectivity index (χ1) is 8.11. The third kappa shape index (κ3) is 5.85. The molecule has 0 saturated heterocycles. The van der Waals surface area contributed by atoms with E-state index in [1.54, 1.807) is 0 Å². The van der Waals surface area contributed by atoms with Crippen LogP contribution in [0, 0.1) is 5.92 Å². The van der Waals surface area contributed by atoms with Crippen molar-refractivity contribution in [3.8, 4) is 0 Å². The maximum atomic E-state index is 9.33. The van der Waals surface area contributed by atoms with Crippen molar-refractivity contribution in [3.63, 3.8) is 0 Å². The molecule has 2 N–H and O–H groups in total. The average molecular weight is 235 g/mol. The lowest BCUT2D eigenvalue weighted by Gasteiger charge is -2.23. The first-order valence-electron chi connectivity index (χ1n) is 6.52. The van der Waals surface area contributed by atoms with Crippen LogP contribution >= 0.6 is 0 Å². The van der Waals surface area contributed by atoms with Crippen LogP contribution in [0.15, 0.2) is 30.3 Å². The molecule has 2 nitrogen and oxygen atoms in total. The van der Waals surface area contributed by atoms with E-state index in [-0.39, 0.29) is 12.6 Å². The summed E-state index contributed by atoms with van der Waals surface area (Å²) in [7, 11) is 0. The van der Waals surface area contributed by atoms with E-state index < -0.39 is 0 Å². The molecular formula is C15H25NO. The Balaban J connectivity index is 2.40. The van der Waals surface area contributed by atoms with Gasteiger partial charge in [0.25, 0.3) is 0 Å². The van der Waals surface area contributed by atoms with Gasteiger partial charge in [-0.25, -0.2) is 0 Å². The molecule has 0 aliphatic heterocycles. The third-order valence-electron chi connectivity index (χ3n) is 2.88. The Labute approximate surface area is 105 Å². The topological polar surface area (TPSA) is 32.3 Å². The van der Waals surface area contributed by atoms with Gasteiger partial charge >= 0.3 is 0 Å². The van der Waals surface area contributed by atoms with Gasteiger partial charge in [-0.15, -0.1) is 0 Å². The average Bonchev–Trinajstić information content (AvgIpc) is 2.28. The van der Waals surface area contributed by atoms with Crippen molar-refractivity contribution in [2.75, 3.05) is 6.61 Å². The first kappa shape index (κ1) is 14.2. The van der Waals surface area contributed by atoms with Crippen molar-refractivity contribution >= 4 is 0 Å². The molecule has 0 aromatic heterocycles. The summed E-state index contributed by atoms with van der Waals surface area (Å²) < 4.78 is 0. The van der Waals surface area contributed by atoms with Crippen LogP contribution < -0.4 is 5.32 Å². The molecule has 2 atom stereocenters. The molecule has 1 aromatic carbocycles. The molecular weight excluding hydrogens is 210 g/mol. The molecule has 0 saturated carbocycles. The van der Waals surface area contributed by atoms with Crippen LogP contribution in [0.3, 0.4) is 0 Å².